The summed E-state index contributed by atoms with van der Waals surface area (Å²) in [5.74, 6) is 3.05. The lowest BCUT2D eigenvalue weighted by molar-refractivity contribution is -0.117. The van der Waals surface area contributed by atoms with E-state index in [4.69, 9.17) is 4.98 Å². The van der Waals surface area contributed by atoms with Crippen molar-refractivity contribution < 1.29 is 4.79 Å². The predicted octanol–water partition coefficient (Wildman–Crippen LogP) is 2.98. The summed E-state index contributed by atoms with van der Waals surface area (Å²) in [5.41, 5.74) is 1.00. The molecule has 0 bridgehead atoms. The second-order valence-electron chi connectivity index (χ2n) is 8.79. The van der Waals surface area contributed by atoms with Crippen molar-refractivity contribution in [1.29, 1.82) is 0 Å². The lowest BCUT2D eigenvalue weighted by Gasteiger charge is -2.35. The van der Waals surface area contributed by atoms with Crippen LogP contribution in [0.4, 0.5) is 11.6 Å². The minimum Gasteiger partial charge on any atom is -0.354 e. The van der Waals surface area contributed by atoms with E-state index in [1.807, 2.05) is 17.7 Å². The molecular weight excluding hydrogens is 378 g/mol. The van der Waals surface area contributed by atoms with Gasteiger partial charge in [0, 0.05) is 49.9 Å². The summed E-state index contributed by atoms with van der Waals surface area (Å²) < 4.78 is 1.99. The van der Waals surface area contributed by atoms with Crippen LogP contribution < -0.4 is 10.2 Å². The van der Waals surface area contributed by atoms with E-state index in [1.165, 1.54) is 12.8 Å². The molecule has 1 saturated heterocycles. The van der Waals surface area contributed by atoms with Gasteiger partial charge in [0.05, 0.1) is 18.8 Å². The van der Waals surface area contributed by atoms with E-state index in [-0.39, 0.29) is 5.91 Å². The molecule has 0 spiro atoms. The Bertz CT molecular complexity index is 864. The highest BCUT2D eigenvalue weighted by atomic mass is 16.2. The summed E-state index contributed by atoms with van der Waals surface area (Å²) in [6.07, 6.45) is 6.56. The van der Waals surface area contributed by atoms with Gasteiger partial charge in [-0.25, -0.2) is 14.6 Å². The molecule has 2 aliphatic rings. The smallest absolute Gasteiger partial charge is 0.239 e. The summed E-state index contributed by atoms with van der Waals surface area (Å²) in [6.45, 7) is 10.1. The first-order chi connectivity index (χ1) is 14.5. The molecule has 8 nitrogen and oxygen atoms in total. The van der Waals surface area contributed by atoms with Crippen LogP contribution in [0.3, 0.4) is 0 Å². The summed E-state index contributed by atoms with van der Waals surface area (Å²) in [6, 6.07) is 4.38. The molecule has 1 amide bonds. The minimum atomic E-state index is 0.0307. The SMILES string of the molecule is Cc1cc(N2CCN(CC(=O)Nc3ccnn3C3CCCC3)CC2)nc(C(C)C)n1. The maximum atomic E-state index is 12.6. The van der Waals surface area contributed by atoms with Gasteiger partial charge in [-0.1, -0.05) is 26.7 Å². The van der Waals surface area contributed by atoms with Crippen LogP contribution in [0.5, 0.6) is 0 Å². The fourth-order valence-electron chi connectivity index (χ4n) is 4.37. The molecule has 2 aromatic rings. The molecule has 0 unspecified atom stereocenters. The lowest BCUT2D eigenvalue weighted by Crippen LogP contribution is -2.49. The number of nitrogens with zero attached hydrogens (tertiary/aromatic N) is 6. The first-order valence-electron chi connectivity index (χ1n) is 11.2. The number of carbonyl (C=O) groups excluding carboxylic acids is 1. The van der Waals surface area contributed by atoms with Crippen LogP contribution in [0.25, 0.3) is 0 Å². The van der Waals surface area contributed by atoms with E-state index in [1.54, 1.807) is 6.20 Å². The molecule has 0 atom stereocenters. The van der Waals surface area contributed by atoms with Gasteiger partial charge in [-0.3, -0.25) is 9.69 Å². The standard InChI is InChI=1S/C22H33N7O/c1-16(2)22-24-17(3)14-20(26-22)28-12-10-27(11-13-28)15-21(30)25-19-8-9-23-29(19)18-6-4-5-7-18/h8-9,14,16,18H,4-7,10-13,15H2,1-3H3,(H,25,30). The molecule has 8 heteroatoms. The molecule has 30 heavy (non-hydrogen) atoms. The largest absolute Gasteiger partial charge is 0.354 e. The summed E-state index contributed by atoms with van der Waals surface area (Å²) >= 11 is 0. The zero-order chi connectivity index (χ0) is 21.1. The van der Waals surface area contributed by atoms with Gasteiger partial charge in [-0.05, 0) is 19.8 Å². The number of carbonyl (C=O) groups is 1. The number of rotatable bonds is 6. The Kier molecular flexibility index (Phi) is 6.32. The normalized spacial score (nSPS) is 18.3. The topological polar surface area (TPSA) is 79.2 Å². The van der Waals surface area contributed by atoms with Gasteiger partial charge in [-0.2, -0.15) is 5.10 Å². The number of hydrogen-bond acceptors (Lipinski definition) is 6. The summed E-state index contributed by atoms with van der Waals surface area (Å²) in [7, 11) is 0. The minimum absolute atomic E-state index is 0.0307. The zero-order valence-electron chi connectivity index (χ0n) is 18.3. The van der Waals surface area contributed by atoms with Crippen LogP contribution in [0.2, 0.25) is 0 Å². The maximum Gasteiger partial charge on any atom is 0.239 e. The van der Waals surface area contributed by atoms with Gasteiger partial charge < -0.3 is 10.2 Å². The molecule has 0 aromatic carbocycles. The van der Waals surface area contributed by atoms with Crippen LogP contribution in [0.15, 0.2) is 18.3 Å². The Labute approximate surface area is 178 Å². The van der Waals surface area contributed by atoms with Crippen molar-refractivity contribution in [1.82, 2.24) is 24.6 Å². The van der Waals surface area contributed by atoms with Crippen molar-refractivity contribution in [3.8, 4) is 0 Å². The molecule has 2 fully saturated rings. The highest BCUT2D eigenvalue weighted by Gasteiger charge is 2.23. The van der Waals surface area contributed by atoms with Gasteiger partial charge in [0.2, 0.25) is 5.91 Å². The van der Waals surface area contributed by atoms with Crippen molar-refractivity contribution in [2.45, 2.75) is 58.4 Å². The van der Waals surface area contributed by atoms with Crippen LogP contribution in [0, 0.1) is 6.92 Å². The molecule has 1 aliphatic heterocycles. The Hall–Kier alpha value is -2.48. The lowest BCUT2D eigenvalue weighted by atomic mass is 10.2. The van der Waals surface area contributed by atoms with Crippen LogP contribution >= 0.6 is 0 Å². The molecule has 4 rings (SSSR count). The van der Waals surface area contributed by atoms with Crippen molar-refractivity contribution >= 4 is 17.5 Å². The van der Waals surface area contributed by atoms with E-state index < -0.39 is 0 Å². The van der Waals surface area contributed by atoms with E-state index in [0.29, 0.717) is 18.5 Å². The molecule has 1 aliphatic carbocycles. The number of piperazine rings is 1. The fraction of sp³-hybridized carbons (Fsp3) is 0.636. The molecule has 0 radical (unpaired) electrons. The van der Waals surface area contributed by atoms with E-state index in [2.05, 4.69) is 45.1 Å². The van der Waals surface area contributed by atoms with Crippen LogP contribution in [-0.4, -0.2) is 63.3 Å². The highest BCUT2D eigenvalue weighted by Crippen LogP contribution is 2.31. The second-order valence-corrected chi connectivity index (χ2v) is 8.79. The Morgan fingerprint density at radius 3 is 2.60 bits per heavy atom. The number of aromatic nitrogens is 4. The number of aryl methyl sites for hydroxylation is 1. The van der Waals surface area contributed by atoms with Crippen LogP contribution in [-0.2, 0) is 4.79 Å². The van der Waals surface area contributed by atoms with E-state index in [9.17, 15) is 4.79 Å². The van der Waals surface area contributed by atoms with Gasteiger partial charge in [0.25, 0.3) is 0 Å². The third-order valence-corrected chi connectivity index (χ3v) is 6.05. The maximum absolute atomic E-state index is 12.6. The number of hydrogen-bond donors (Lipinski definition) is 1. The number of nitrogens with one attached hydrogen (secondary N) is 1. The molecular formula is C22H33N7O. The third-order valence-electron chi connectivity index (χ3n) is 6.05. The van der Waals surface area contributed by atoms with E-state index in [0.717, 1.165) is 62.2 Å². The van der Waals surface area contributed by atoms with Gasteiger partial charge >= 0.3 is 0 Å². The Morgan fingerprint density at radius 2 is 1.90 bits per heavy atom. The molecule has 1 N–H and O–H groups in total. The third kappa shape index (κ3) is 4.80. The predicted molar refractivity (Wildman–Crippen MR) is 118 cm³/mol. The average Bonchev–Trinajstić information content (AvgIpc) is 3.39. The first-order valence-corrected chi connectivity index (χ1v) is 11.2. The molecule has 1 saturated carbocycles. The van der Waals surface area contributed by atoms with Crippen LogP contribution in [0.1, 0.15) is 63.0 Å². The zero-order valence-corrected chi connectivity index (χ0v) is 18.3. The molecule has 162 valence electrons. The van der Waals surface area contributed by atoms with Crippen molar-refractivity contribution in [3.05, 3.63) is 29.8 Å². The first kappa shape index (κ1) is 20.8. The Morgan fingerprint density at radius 1 is 1.17 bits per heavy atom. The highest BCUT2D eigenvalue weighted by molar-refractivity contribution is 5.91. The Balaban J connectivity index is 1.30. The fourth-order valence-corrected chi connectivity index (χ4v) is 4.37. The summed E-state index contributed by atoms with van der Waals surface area (Å²) in [4.78, 5) is 26.4. The summed E-state index contributed by atoms with van der Waals surface area (Å²) in [5, 5.41) is 7.51. The number of anilines is 2. The number of amides is 1. The van der Waals surface area contributed by atoms with Gasteiger partial charge in [0.1, 0.15) is 17.5 Å². The second kappa shape index (κ2) is 9.12. The quantitative estimate of drug-likeness (QED) is 0.787. The average molecular weight is 412 g/mol. The van der Waals surface area contributed by atoms with Gasteiger partial charge in [-0.15, -0.1) is 0 Å². The van der Waals surface area contributed by atoms with Gasteiger partial charge in [0.15, 0.2) is 0 Å². The monoisotopic (exact) mass is 411 g/mol. The molecule has 2 aromatic heterocycles. The van der Waals surface area contributed by atoms with E-state index >= 15 is 0 Å². The molecule has 3 heterocycles. The van der Waals surface area contributed by atoms with Crippen molar-refractivity contribution in [2.24, 2.45) is 0 Å². The van der Waals surface area contributed by atoms with Crippen molar-refractivity contribution in [2.75, 3.05) is 42.9 Å². The van der Waals surface area contributed by atoms with Crippen molar-refractivity contribution in [3.63, 3.8) is 0 Å².